The van der Waals surface area contributed by atoms with Crippen LogP contribution in [0.5, 0.6) is 0 Å². The van der Waals surface area contributed by atoms with Crippen LogP contribution in [0.4, 0.5) is 0 Å². The third-order valence-electron chi connectivity index (χ3n) is 9.33. The molecule has 18 heteroatoms. The van der Waals surface area contributed by atoms with Gasteiger partial charge in [-0.15, -0.1) is 0 Å². The van der Waals surface area contributed by atoms with Crippen LogP contribution in [-0.2, 0) is 29.7 Å². The number of rotatable bonds is 5. The largest absolute Gasteiger partial charge is 0.323 e. The normalized spacial score (nSPS) is 25.4. The first-order chi connectivity index (χ1) is 23.5. The number of fused-ring (bicyclic) bond motifs is 2. The third-order valence-corrected chi connectivity index (χ3v) is 13.0. The van der Waals surface area contributed by atoms with E-state index in [1.165, 1.54) is 72.8 Å². The Labute approximate surface area is 296 Å². The lowest BCUT2D eigenvalue weighted by Crippen LogP contribution is -2.61. The second-order valence-electron chi connectivity index (χ2n) is 11.6. The van der Waals surface area contributed by atoms with E-state index in [4.69, 9.17) is 57.2 Å². The maximum Gasteiger partial charge on any atom is 0.281 e. The summed E-state index contributed by atoms with van der Waals surface area (Å²) in [6.07, 6.45) is 0. The van der Waals surface area contributed by atoms with Crippen molar-refractivity contribution in [1.82, 2.24) is 0 Å². The molecule has 0 radical (unpaired) electrons. The highest BCUT2D eigenvalue weighted by Gasteiger charge is 2.60. The van der Waals surface area contributed by atoms with Gasteiger partial charge < -0.3 is 23.2 Å². The molecule has 0 bridgehead atoms. The van der Waals surface area contributed by atoms with Crippen LogP contribution in [0, 0.1) is 10.8 Å². The fourth-order valence-corrected chi connectivity index (χ4v) is 10.6. The molecule has 4 unspecified atom stereocenters. The Morgan fingerprint density at radius 2 is 0.940 bits per heavy atom. The molecule has 4 aromatic carbocycles. The van der Waals surface area contributed by atoms with Crippen molar-refractivity contribution in [2.24, 2.45) is 33.4 Å². The summed E-state index contributed by atoms with van der Waals surface area (Å²) in [4.78, 5) is 0. The van der Waals surface area contributed by atoms with E-state index < -0.39 is 41.8 Å². The second kappa shape index (κ2) is 12.1. The molecular formula is C32H28Cl2N8O6S2. The third kappa shape index (κ3) is 4.68. The van der Waals surface area contributed by atoms with Crippen molar-refractivity contribution >= 4 is 66.3 Å². The summed E-state index contributed by atoms with van der Waals surface area (Å²) in [7, 11) is -10.3. The number of nitrogens with one attached hydrogen (secondary N) is 2. The standard InChI is InChI=1S/C32H28Cl2N8O6S2/c33-23-13-15(9-11-21(23)31(49(43,44)45)19-7-3-1-5-17(19)25(35)27(41-39)29(31)37)16-10-12-22(24(34)14-16)32(50(46,47)48)20-8-4-2-6-18(20)26(36)28(42-40)30(32)38/h1-14,29-30,35-36H,37-40H2,(H,43,44,45)(H,46,47,48)/b35-25?,36-26?,41-27-,42-28+. The maximum atomic E-state index is 13.4. The maximum absolute atomic E-state index is 13.4. The molecule has 50 heavy (non-hydrogen) atoms. The number of hydrogen-bond acceptors (Lipinski definition) is 12. The molecule has 0 aliphatic heterocycles. The molecule has 14 nitrogen and oxygen atoms in total. The Balaban J connectivity index is 1.55. The van der Waals surface area contributed by atoms with E-state index in [1.54, 1.807) is 12.1 Å². The first kappa shape index (κ1) is 35.3. The molecule has 0 spiro atoms. The van der Waals surface area contributed by atoms with E-state index in [1.807, 2.05) is 0 Å². The van der Waals surface area contributed by atoms with Gasteiger partial charge >= 0.3 is 0 Å². The van der Waals surface area contributed by atoms with Gasteiger partial charge in [0.15, 0.2) is 9.49 Å². The Bertz CT molecular complexity index is 2270. The van der Waals surface area contributed by atoms with E-state index >= 15 is 0 Å². The van der Waals surface area contributed by atoms with Gasteiger partial charge in [0.25, 0.3) is 20.2 Å². The molecule has 4 atom stereocenters. The quantitative estimate of drug-likeness (QED) is 0.0837. The van der Waals surface area contributed by atoms with E-state index in [0.717, 1.165) is 0 Å². The minimum Gasteiger partial charge on any atom is -0.323 e. The van der Waals surface area contributed by atoms with Crippen LogP contribution in [0.15, 0.2) is 95.1 Å². The van der Waals surface area contributed by atoms with Crippen molar-refractivity contribution < 1.29 is 25.9 Å². The molecule has 0 amide bonds. The van der Waals surface area contributed by atoms with Crippen molar-refractivity contribution in [3.05, 3.63) is 128 Å². The van der Waals surface area contributed by atoms with E-state index in [9.17, 15) is 25.9 Å². The highest BCUT2D eigenvalue weighted by atomic mass is 35.5. The highest BCUT2D eigenvalue weighted by Crippen LogP contribution is 2.50. The van der Waals surface area contributed by atoms with Gasteiger partial charge in [0.05, 0.1) is 23.5 Å². The zero-order valence-electron chi connectivity index (χ0n) is 25.5. The zero-order valence-corrected chi connectivity index (χ0v) is 28.7. The summed E-state index contributed by atoms with van der Waals surface area (Å²) in [5.41, 5.74) is 12.6. The van der Waals surface area contributed by atoms with Gasteiger partial charge in [-0.3, -0.25) is 19.9 Å². The molecule has 6 rings (SSSR count). The molecule has 0 fully saturated rings. The molecular weight excluding hydrogens is 727 g/mol. The highest BCUT2D eigenvalue weighted by molar-refractivity contribution is 7.87. The van der Waals surface area contributed by atoms with Crippen molar-refractivity contribution in [2.45, 2.75) is 21.6 Å². The van der Waals surface area contributed by atoms with Crippen molar-refractivity contribution in [3.8, 4) is 11.1 Å². The Kier molecular flexibility index (Phi) is 8.52. The predicted molar refractivity (Wildman–Crippen MR) is 192 cm³/mol. The van der Waals surface area contributed by atoms with Crippen LogP contribution in [-0.4, -0.2) is 60.9 Å². The van der Waals surface area contributed by atoms with Gasteiger partial charge in [-0.2, -0.15) is 27.0 Å². The molecule has 0 saturated heterocycles. The smallest absolute Gasteiger partial charge is 0.281 e. The van der Waals surface area contributed by atoms with Gasteiger partial charge in [0.1, 0.15) is 11.4 Å². The molecule has 2 aliphatic rings. The van der Waals surface area contributed by atoms with Crippen molar-refractivity contribution in [3.63, 3.8) is 0 Å². The first-order valence-electron chi connectivity index (χ1n) is 14.5. The Morgan fingerprint density at radius 3 is 1.24 bits per heavy atom. The summed E-state index contributed by atoms with van der Waals surface area (Å²) in [5.74, 6) is 11.1. The number of hydrogen-bond donors (Lipinski definition) is 8. The summed E-state index contributed by atoms with van der Waals surface area (Å²) >= 11 is 13.6. The van der Waals surface area contributed by atoms with Crippen LogP contribution in [0.1, 0.15) is 33.4 Å². The minimum atomic E-state index is -5.15. The summed E-state index contributed by atoms with van der Waals surface area (Å²) < 4.78 is 70.4. The molecule has 12 N–H and O–H groups in total. The number of hydrazone groups is 2. The van der Waals surface area contributed by atoms with Gasteiger partial charge in [-0.1, -0.05) is 96.0 Å². The Morgan fingerprint density at radius 1 is 0.600 bits per heavy atom. The lowest BCUT2D eigenvalue weighted by Gasteiger charge is -2.42. The van der Waals surface area contributed by atoms with Crippen LogP contribution in [0.25, 0.3) is 11.1 Å². The van der Waals surface area contributed by atoms with Crippen molar-refractivity contribution in [1.29, 1.82) is 10.8 Å². The number of nitrogens with two attached hydrogens (primary N) is 4. The van der Waals surface area contributed by atoms with Gasteiger partial charge in [0, 0.05) is 32.3 Å². The lowest BCUT2D eigenvalue weighted by atomic mass is 9.72. The first-order valence-corrected chi connectivity index (χ1v) is 18.1. The van der Waals surface area contributed by atoms with E-state index in [-0.39, 0.29) is 66.3 Å². The zero-order chi connectivity index (χ0) is 36.6. The summed E-state index contributed by atoms with van der Waals surface area (Å²) in [6, 6.07) is 17.1. The van der Waals surface area contributed by atoms with Gasteiger partial charge in [0.2, 0.25) is 0 Å². The van der Waals surface area contributed by atoms with Crippen LogP contribution in [0.3, 0.4) is 0 Å². The lowest BCUT2D eigenvalue weighted by molar-refractivity contribution is 0.434. The van der Waals surface area contributed by atoms with Crippen molar-refractivity contribution in [2.75, 3.05) is 0 Å². The number of halogens is 2. The van der Waals surface area contributed by atoms with Crippen LogP contribution < -0.4 is 23.2 Å². The fourth-order valence-electron chi connectivity index (χ4n) is 7.14. The van der Waals surface area contributed by atoms with Crippen LogP contribution in [0.2, 0.25) is 10.0 Å². The van der Waals surface area contributed by atoms with Gasteiger partial charge in [-0.25, -0.2) is 0 Å². The van der Waals surface area contributed by atoms with E-state index in [0.29, 0.717) is 11.1 Å². The monoisotopic (exact) mass is 754 g/mol. The molecule has 258 valence electrons. The fraction of sp³-hybridized carbons (Fsp3) is 0.125. The Hall–Kier alpha value is -4.52. The second-order valence-corrected chi connectivity index (χ2v) is 15.6. The average molecular weight is 756 g/mol. The number of nitrogens with zero attached hydrogens (tertiary/aromatic N) is 2. The number of benzene rings is 4. The molecule has 0 saturated carbocycles. The molecule has 4 aromatic rings. The minimum absolute atomic E-state index is 0.0115. The SMILES string of the molecule is N=C1/C(=N\N)C(N)C(c2ccc(-c3ccc(C4(S(=O)(=O)O)c5ccccc5C(=N)/C(=N/N)C4N)c(Cl)c3)cc2Cl)(S(=O)(=O)O)c2ccccc21. The molecule has 0 aromatic heterocycles. The van der Waals surface area contributed by atoms with Gasteiger partial charge in [-0.05, 0) is 34.4 Å². The molecule has 0 heterocycles. The molecule has 2 aliphatic carbocycles. The predicted octanol–water partition coefficient (Wildman–Crippen LogP) is 2.97. The summed E-state index contributed by atoms with van der Waals surface area (Å²) in [6.45, 7) is 0. The van der Waals surface area contributed by atoms with Crippen LogP contribution >= 0.6 is 23.2 Å². The topological polar surface area (TPSA) is 285 Å². The van der Waals surface area contributed by atoms with E-state index in [2.05, 4.69) is 10.2 Å². The average Bonchev–Trinajstić information content (AvgIpc) is 3.05. The summed E-state index contributed by atoms with van der Waals surface area (Å²) in [5, 5.41) is 24.0.